The summed E-state index contributed by atoms with van der Waals surface area (Å²) in [6, 6.07) is 6.27. The van der Waals surface area contributed by atoms with Gasteiger partial charge in [0.15, 0.2) is 11.5 Å². The highest BCUT2D eigenvalue weighted by Gasteiger charge is 2.11. The minimum atomic E-state index is -1.02. The van der Waals surface area contributed by atoms with Crippen molar-refractivity contribution in [2.45, 2.75) is 12.5 Å². The molecule has 1 atom stereocenters. The molecule has 88 valence electrons. The number of methoxy groups -OCH3 is 1. The fourth-order valence-corrected chi connectivity index (χ4v) is 1.16. The highest BCUT2D eigenvalue weighted by Crippen LogP contribution is 2.25. The number of para-hydroxylation sites is 2. The van der Waals surface area contributed by atoms with Crippen molar-refractivity contribution in [1.29, 1.82) is 0 Å². The van der Waals surface area contributed by atoms with Gasteiger partial charge in [0.1, 0.15) is 6.04 Å². The standard InChI is InChI=1S/C11H15NO4/c1-15-9-4-2-3-5-10(9)16-7-6-8(12)11(13)14/h2-5,8H,6-7,12H2,1H3,(H,13,14)/t8-/m0/s1. The molecule has 0 spiro atoms. The number of nitrogens with two attached hydrogens (primary N) is 1. The van der Waals surface area contributed by atoms with Crippen molar-refractivity contribution < 1.29 is 19.4 Å². The third-order valence-electron chi connectivity index (χ3n) is 2.07. The molecule has 0 fully saturated rings. The van der Waals surface area contributed by atoms with Crippen molar-refractivity contribution in [2.24, 2.45) is 5.73 Å². The van der Waals surface area contributed by atoms with Gasteiger partial charge in [-0.1, -0.05) is 12.1 Å². The number of carboxylic acid groups (broad SMARTS) is 1. The minimum Gasteiger partial charge on any atom is -0.493 e. The van der Waals surface area contributed by atoms with Crippen LogP contribution in [-0.2, 0) is 4.79 Å². The molecule has 5 heteroatoms. The maximum atomic E-state index is 10.5. The summed E-state index contributed by atoms with van der Waals surface area (Å²) in [7, 11) is 1.55. The first-order chi connectivity index (χ1) is 7.65. The Hall–Kier alpha value is -1.75. The monoisotopic (exact) mass is 225 g/mol. The molecule has 0 bridgehead atoms. The minimum absolute atomic E-state index is 0.244. The van der Waals surface area contributed by atoms with Crippen LogP contribution in [0.1, 0.15) is 6.42 Å². The summed E-state index contributed by atoms with van der Waals surface area (Å²) in [6.07, 6.45) is 0.257. The predicted octanol–water partition coefficient (Wildman–Crippen LogP) is 0.876. The Balaban J connectivity index is 2.45. The van der Waals surface area contributed by atoms with E-state index < -0.39 is 12.0 Å². The molecule has 0 aliphatic rings. The van der Waals surface area contributed by atoms with Crippen LogP contribution in [0.2, 0.25) is 0 Å². The number of hydrogen-bond acceptors (Lipinski definition) is 4. The molecule has 0 aliphatic heterocycles. The molecular formula is C11H15NO4. The summed E-state index contributed by atoms with van der Waals surface area (Å²) in [4.78, 5) is 10.5. The van der Waals surface area contributed by atoms with E-state index in [2.05, 4.69) is 0 Å². The van der Waals surface area contributed by atoms with Gasteiger partial charge in [0.05, 0.1) is 13.7 Å². The molecule has 1 aromatic rings. The molecule has 1 rings (SSSR count). The topological polar surface area (TPSA) is 81.8 Å². The van der Waals surface area contributed by atoms with Crippen LogP contribution in [0.25, 0.3) is 0 Å². The van der Waals surface area contributed by atoms with Gasteiger partial charge in [-0.3, -0.25) is 4.79 Å². The van der Waals surface area contributed by atoms with Crippen LogP contribution in [0.4, 0.5) is 0 Å². The predicted molar refractivity (Wildman–Crippen MR) is 58.7 cm³/mol. The Bertz CT molecular complexity index is 354. The van der Waals surface area contributed by atoms with Gasteiger partial charge in [0.25, 0.3) is 0 Å². The SMILES string of the molecule is COc1ccccc1OCC[C@H](N)C(=O)O. The van der Waals surface area contributed by atoms with Crippen molar-refractivity contribution in [3.8, 4) is 11.5 Å². The molecule has 0 unspecified atom stereocenters. The summed E-state index contributed by atoms with van der Waals surface area (Å²) in [5, 5.41) is 8.57. The zero-order valence-electron chi connectivity index (χ0n) is 9.05. The maximum absolute atomic E-state index is 10.5. The summed E-state index contributed by atoms with van der Waals surface area (Å²) in [5.41, 5.74) is 5.34. The molecule has 5 nitrogen and oxygen atoms in total. The fraction of sp³-hybridized carbons (Fsp3) is 0.364. The van der Waals surface area contributed by atoms with Crippen LogP contribution in [0, 0.1) is 0 Å². The average Bonchev–Trinajstić information content (AvgIpc) is 2.29. The molecule has 3 N–H and O–H groups in total. The maximum Gasteiger partial charge on any atom is 0.320 e. The van der Waals surface area contributed by atoms with Crippen molar-refractivity contribution in [2.75, 3.05) is 13.7 Å². The highest BCUT2D eigenvalue weighted by molar-refractivity contribution is 5.72. The summed E-state index contributed by atoms with van der Waals surface area (Å²) < 4.78 is 10.5. The molecule has 0 saturated heterocycles. The molecule has 0 aromatic heterocycles. The van der Waals surface area contributed by atoms with Gasteiger partial charge in [0, 0.05) is 6.42 Å². The third kappa shape index (κ3) is 3.43. The Kier molecular flexibility index (Phi) is 4.60. The largest absolute Gasteiger partial charge is 0.493 e. The normalized spacial score (nSPS) is 11.9. The van der Waals surface area contributed by atoms with E-state index in [9.17, 15) is 4.79 Å². The quantitative estimate of drug-likeness (QED) is 0.750. The van der Waals surface area contributed by atoms with E-state index in [1.165, 1.54) is 0 Å². The van der Waals surface area contributed by atoms with Crippen LogP contribution < -0.4 is 15.2 Å². The molecule has 1 aromatic carbocycles. The van der Waals surface area contributed by atoms with Gasteiger partial charge < -0.3 is 20.3 Å². The lowest BCUT2D eigenvalue weighted by molar-refractivity contribution is -0.138. The Morgan fingerprint density at radius 1 is 1.44 bits per heavy atom. The van der Waals surface area contributed by atoms with Crippen LogP contribution in [0.3, 0.4) is 0 Å². The Morgan fingerprint density at radius 3 is 2.62 bits per heavy atom. The molecule has 0 amide bonds. The lowest BCUT2D eigenvalue weighted by atomic mass is 10.2. The summed E-state index contributed by atoms with van der Waals surface area (Å²) in [5.74, 6) is 0.178. The Morgan fingerprint density at radius 2 is 2.06 bits per heavy atom. The van der Waals surface area contributed by atoms with E-state index in [0.29, 0.717) is 11.5 Å². The summed E-state index contributed by atoms with van der Waals surface area (Å²) >= 11 is 0. The van der Waals surface area contributed by atoms with E-state index in [4.69, 9.17) is 20.3 Å². The third-order valence-corrected chi connectivity index (χ3v) is 2.07. The van der Waals surface area contributed by atoms with Crippen LogP contribution >= 0.6 is 0 Å². The first kappa shape index (κ1) is 12.3. The van der Waals surface area contributed by atoms with E-state index in [1.54, 1.807) is 19.2 Å². The lowest BCUT2D eigenvalue weighted by Crippen LogP contribution is -2.31. The highest BCUT2D eigenvalue weighted by atomic mass is 16.5. The second-order valence-electron chi connectivity index (χ2n) is 3.23. The van der Waals surface area contributed by atoms with Gasteiger partial charge in [-0.25, -0.2) is 0 Å². The van der Waals surface area contributed by atoms with Crippen LogP contribution in [-0.4, -0.2) is 30.8 Å². The second kappa shape index (κ2) is 5.97. The molecule has 0 aliphatic carbocycles. The number of hydrogen-bond donors (Lipinski definition) is 2. The number of benzene rings is 1. The van der Waals surface area contributed by atoms with Crippen molar-refractivity contribution in [3.05, 3.63) is 24.3 Å². The smallest absolute Gasteiger partial charge is 0.320 e. The van der Waals surface area contributed by atoms with Crippen LogP contribution in [0.5, 0.6) is 11.5 Å². The van der Waals surface area contributed by atoms with Gasteiger partial charge in [-0.05, 0) is 12.1 Å². The van der Waals surface area contributed by atoms with Gasteiger partial charge in [-0.15, -0.1) is 0 Å². The molecular weight excluding hydrogens is 210 g/mol. The first-order valence-electron chi connectivity index (χ1n) is 4.89. The average molecular weight is 225 g/mol. The van der Waals surface area contributed by atoms with Crippen molar-refractivity contribution in [1.82, 2.24) is 0 Å². The molecule has 0 heterocycles. The fourth-order valence-electron chi connectivity index (χ4n) is 1.16. The van der Waals surface area contributed by atoms with Gasteiger partial charge >= 0.3 is 5.97 Å². The number of aliphatic carboxylic acids is 1. The van der Waals surface area contributed by atoms with Crippen molar-refractivity contribution >= 4 is 5.97 Å². The number of rotatable bonds is 6. The number of carbonyl (C=O) groups is 1. The second-order valence-corrected chi connectivity index (χ2v) is 3.23. The number of ether oxygens (including phenoxy) is 2. The lowest BCUT2D eigenvalue weighted by Gasteiger charge is -2.11. The van der Waals surface area contributed by atoms with E-state index >= 15 is 0 Å². The first-order valence-corrected chi connectivity index (χ1v) is 4.89. The van der Waals surface area contributed by atoms with Crippen molar-refractivity contribution in [3.63, 3.8) is 0 Å². The summed E-state index contributed by atoms with van der Waals surface area (Å²) in [6.45, 7) is 0.244. The number of carboxylic acids is 1. The molecule has 16 heavy (non-hydrogen) atoms. The molecule has 0 radical (unpaired) electrons. The van der Waals surface area contributed by atoms with E-state index in [0.717, 1.165) is 0 Å². The molecule has 0 saturated carbocycles. The zero-order valence-corrected chi connectivity index (χ0v) is 9.05. The Labute approximate surface area is 93.8 Å². The van der Waals surface area contributed by atoms with E-state index in [1.807, 2.05) is 12.1 Å². The van der Waals surface area contributed by atoms with Crippen LogP contribution in [0.15, 0.2) is 24.3 Å². The van der Waals surface area contributed by atoms with Gasteiger partial charge in [-0.2, -0.15) is 0 Å². The van der Waals surface area contributed by atoms with Gasteiger partial charge in [0.2, 0.25) is 0 Å². The zero-order chi connectivity index (χ0) is 12.0. The van der Waals surface area contributed by atoms with E-state index in [-0.39, 0.29) is 13.0 Å².